The van der Waals surface area contributed by atoms with E-state index in [0.717, 1.165) is 19.4 Å². The van der Waals surface area contributed by atoms with Gasteiger partial charge in [-0.05, 0) is 12.8 Å². The number of hydrogen-bond donors (Lipinski definition) is 1. The van der Waals surface area contributed by atoms with E-state index in [1.165, 1.54) is 0 Å². The first-order valence-corrected chi connectivity index (χ1v) is 4.63. The molecule has 1 unspecified atom stereocenters. The number of amides is 1. The minimum absolute atomic E-state index is 0.0801. The molecule has 0 saturated carbocycles. The molecule has 0 aromatic heterocycles. The van der Waals surface area contributed by atoms with Crippen molar-refractivity contribution in [2.24, 2.45) is 0 Å². The van der Waals surface area contributed by atoms with Crippen molar-refractivity contribution in [2.45, 2.75) is 39.7 Å². The van der Waals surface area contributed by atoms with Crippen molar-refractivity contribution in [3.05, 3.63) is 0 Å². The molecule has 0 radical (unpaired) electrons. The molecule has 12 heavy (non-hydrogen) atoms. The Labute approximate surface area is 74.4 Å². The fraction of sp³-hybridized carbons (Fsp3) is 0.889. The molecule has 72 valence electrons. The largest absolute Gasteiger partial charge is 0.394 e. The zero-order valence-electron chi connectivity index (χ0n) is 8.21. The minimum Gasteiger partial charge on any atom is -0.394 e. The molecule has 0 aromatic carbocycles. The van der Waals surface area contributed by atoms with Crippen molar-refractivity contribution in [1.82, 2.24) is 4.90 Å². The molecule has 0 bridgehead atoms. The van der Waals surface area contributed by atoms with Gasteiger partial charge in [0.1, 0.15) is 0 Å². The summed E-state index contributed by atoms with van der Waals surface area (Å²) in [4.78, 5) is 12.6. The second-order valence-corrected chi connectivity index (χ2v) is 2.69. The standard InChI is InChI=1S/C7H13NO2.C2H6/c1-6(10)8-4-2-3-7(8)5-9;1-2/h7,9H,2-5H2,1H3;1-2H3. The molecule has 1 N–H and O–H groups in total. The van der Waals surface area contributed by atoms with Crippen LogP contribution >= 0.6 is 0 Å². The molecular weight excluding hydrogens is 154 g/mol. The smallest absolute Gasteiger partial charge is 0.219 e. The average Bonchev–Trinajstić information content (AvgIpc) is 2.55. The fourth-order valence-corrected chi connectivity index (χ4v) is 1.44. The molecule has 1 amide bonds. The molecule has 0 spiro atoms. The highest BCUT2D eigenvalue weighted by molar-refractivity contribution is 5.73. The Bertz CT molecular complexity index is 136. The summed E-state index contributed by atoms with van der Waals surface area (Å²) < 4.78 is 0. The van der Waals surface area contributed by atoms with Gasteiger partial charge in [0.25, 0.3) is 0 Å². The molecule has 1 saturated heterocycles. The van der Waals surface area contributed by atoms with E-state index in [4.69, 9.17) is 5.11 Å². The first kappa shape index (κ1) is 11.4. The second kappa shape index (κ2) is 6.00. The summed E-state index contributed by atoms with van der Waals surface area (Å²) in [6.07, 6.45) is 1.99. The van der Waals surface area contributed by atoms with Crippen LogP contribution < -0.4 is 0 Å². The van der Waals surface area contributed by atoms with Crippen LogP contribution in [0.25, 0.3) is 0 Å². The van der Waals surface area contributed by atoms with Gasteiger partial charge < -0.3 is 10.0 Å². The van der Waals surface area contributed by atoms with Gasteiger partial charge in [0.2, 0.25) is 5.91 Å². The van der Waals surface area contributed by atoms with Crippen molar-refractivity contribution >= 4 is 5.91 Å². The summed E-state index contributed by atoms with van der Waals surface area (Å²) in [6, 6.07) is 0.0949. The highest BCUT2D eigenvalue weighted by Crippen LogP contribution is 2.15. The zero-order chi connectivity index (χ0) is 9.56. The number of carbonyl (C=O) groups excluding carboxylic acids is 1. The monoisotopic (exact) mass is 173 g/mol. The lowest BCUT2D eigenvalue weighted by molar-refractivity contribution is -0.130. The van der Waals surface area contributed by atoms with Gasteiger partial charge in [-0.15, -0.1) is 0 Å². The lowest BCUT2D eigenvalue weighted by Gasteiger charge is -2.20. The van der Waals surface area contributed by atoms with Crippen LogP contribution in [0.2, 0.25) is 0 Å². The molecule has 1 aliphatic heterocycles. The Balaban J connectivity index is 0.000000561. The van der Waals surface area contributed by atoms with Gasteiger partial charge in [-0.25, -0.2) is 0 Å². The number of nitrogens with zero attached hydrogens (tertiary/aromatic N) is 1. The maximum absolute atomic E-state index is 10.8. The fourth-order valence-electron chi connectivity index (χ4n) is 1.44. The van der Waals surface area contributed by atoms with E-state index in [1.54, 1.807) is 11.8 Å². The predicted molar refractivity (Wildman–Crippen MR) is 48.8 cm³/mol. The molecule has 1 heterocycles. The topological polar surface area (TPSA) is 40.5 Å². The van der Waals surface area contributed by atoms with Gasteiger partial charge in [0.05, 0.1) is 12.6 Å². The van der Waals surface area contributed by atoms with E-state index >= 15 is 0 Å². The van der Waals surface area contributed by atoms with Crippen LogP contribution in [-0.2, 0) is 4.79 Å². The van der Waals surface area contributed by atoms with E-state index in [0.29, 0.717) is 0 Å². The Morgan fingerprint density at radius 3 is 2.50 bits per heavy atom. The summed E-state index contributed by atoms with van der Waals surface area (Å²) in [5.41, 5.74) is 0. The van der Waals surface area contributed by atoms with Crippen LogP contribution in [0.15, 0.2) is 0 Å². The minimum atomic E-state index is 0.0801. The Morgan fingerprint density at radius 2 is 2.17 bits per heavy atom. The van der Waals surface area contributed by atoms with Crippen LogP contribution in [0.3, 0.4) is 0 Å². The number of aliphatic hydroxyl groups excluding tert-OH is 1. The van der Waals surface area contributed by atoms with E-state index in [2.05, 4.69) is 0 Å². The molecule has 0 aromatic rings. The van der Waals surface area contributed by atoms with Crippen molar-refractivity contribution in [3.8, 4) is 0 Å². The van der Waals surface area contributed by atoms with Gasteiger partial charge in [0, 0.05) is 13.5 Å². The molecule has 0 aliphatic carbocycles. The predicted octanol–water partition coefficient (Wildman–Crippen LogP) is 1.02. The summed E-state index contributed by atoms with van der Waals surface area (Å²) in [7, 11) is 0. The van der Waals surface area contributed by atoms with Gasteiger partial charge in [-0.3, -0.25) is 4.79 Å². The average molecular weight is 173 g/mol. The van der Waals surface area contributed by atoms with E-state index in [9.17, 15) is 4.79 Å². The zero-order valence-corrected chi connectivity index (χ0v) is 8.21. The summed E-state index contributed by atoms with van der Waals surface area (Å²) in [5, 5.41) is 8.79. The first-order valence-electron chi connectivity index (χ1n) is 4.63. The molecule has 3 nitrogen and oxygen atoms in total. The summed E-state index contributed by atoms with van der Waals surface area (Å²) in [6.45, 7) is 6.48. The van der Waals surface area contributed by atoms with E-state index in [1.807, 2.05) is 13.8 Å². The van der Waals surface area contributed by atoms with Crippen LogP contribution in [0.5, 0.6) is 0 Å². The molecule has 3 heteroatoms. The third-order valence-corrected chi connectivity index (χ3v) is 1.99. The highest BCUT2D eigenvalue weighted by Gasteiger charge is 2.24. The molecular formula is C9H19NO2. The summed E-state index contributed by atoms with van der Waals surface area (Å²) >= 11 is 0. The quantitative estimate of drug-likeness (QED) is 0.643. The van der Waals surface area contributed by atoms with Gasteiger partial charge in [-0.2, -0.15) is 0 Å². The van der Waals surface area contributed by atoms with Gasteiger partial charge >= 0.3 is 0 Å². The normalized spacial score (nSPS) is 21.7. The Hall–Kier alpha value is -0.570. The van der Waals surface area contributed by atoms with E-state index in [-0.39, 0.29) is 18.6 Å². The molecule has 1 aliphatic rings. The molecule has 1 atom stereocenters. The molecule has 1 rings (SSSR count). The number of carbonyl (C=O) groups is 1. The number of rotatable bonds is 1. The maximum Gasteiger partial charge on any atom is 0.219 e. The number of aliphatic hydroxyl groups is 1. The van der Waals surface area contributed by atoms with Crippen molar-refractivity contribution in [1.29, 1.82) is 0 Å². The third kappa shape index (κ3) is 2.81. The lowest BCUT2D eigenvalue weighted by Crippen LogP contribution is -2.35. The highest BCUT2D eigenvalue weighted by atomic mass is 16.3. The summed E-state index contributed by atoms with van der Waals surface area (Å²) in [5.74, 6) is 0.0801. The lowest BCUT2D eigenvalue weighted by atomic mass is 10.2. The third-order valence-electron chi connectivity index (χ3n) is 1.99. The Morgan fingerprint density at radius 1 is 1.58 bits per heavy atom. The first-order chi connectivity index (χ1) is 5.75. The van der Waals surface area contributed by atoms with E-state index < -0.39 is 0 Å². The van der Waals surface area contributed by atoms with Crippen LogP contribution in [-0.4, -0.2) is 35.1 Å². The van der Waals surface area contributed by atoms with Crippen LogP contribution in [0.4, 0.5) is 0 Å². The second-order valence-electron chi connectivity index (χ2n) is 2.69. The van der Waals surface area contributed by atoms with Gasteiger partial charge in [-0.1, -0.05) is 13.8 Å². The SMILES string of the molecule is CC.CC(=O)N1CCCC1CO. The maximum atomic E-state index is 10.8. The van der Waals surface area contributed by atoms with Crippen molar-refractivity contribution in [3.63, 3.8) is 0 Å². The van der Waals surface area contributed by atoms with Crippen molar-refractivity contribution < 1.29 is 9.90 Å². The van der Waals surface area contributed by atoms with Crippen molar-refractivity contribution in [2.75, 3.05) is 13.2 Å². The Kier molecular flexibility index (Phi) is 5.72. The number of hydrogen-bond acceptors (Lipinski definition) is 2. The number of likely N-dealkylation sites (tertiary alicyclic amines) is 1. The molecule has 1 fully saturated rings. The van der Waals surface area contributed by atoms with Crippen LogP contribution in [0.1, 0.15) is 33.6 Å². The van der Waals surface area contributed by atoms with Gasteiger partial charge in [0.15, 0.2) is 0 Å². The van der Waals surface area contributed by atoms with Crippen LogP contribution in [0, 0.1) is 0 Å².